The maximum absolute atomic E-state index is 12.3. The number of fused-ring (bicyclic) bond motifs is 1. The summed E-state index contributed by atoms with van der Waals surface area (Å²) in [7, 11) is 0. The molecular weight excluding hydrogens is 338 g/mol. The van der Waals surface area contributed by atoms with Gasteiger partial charge in [-0.3, -0.25) is 9.78 Å². The Balaban J connectivity index is 2.00. The van der Waals surface area contributed by atoms with Gasteiger partial charge in [0.05, 0.1) is 17.6 Å². The Morgan fingerprint density at radius 1 is 1.30 bits per heavy atom. The number of nitrogens with one attached hydrogen (secondary N) is 1. The molecule has 100 valence electrons. The molecule has 0 aliphatic rings. The van der Waals surface area contributed by atoms with Gasteiger partial charge in [-0.05, 0) is 24.3 Å². The molecule has 20 heavy (non-hydrogen) atoms. The van der Waals surface area contributed by atoms with Gasteiger partial charge in [-0.2, -0.15) is 0 Å². The van der Waals surface area contributed by atoms with Crippen LogP contribution >= 0.6 is 27.3 Å². The first-order chi connectivity index (χ1) is 9.66. The molecule has 0 aliphatic heterocycles. The van der Waals surface area contributed by atoms with Crippen LogP contribution in [-0.4, -0.2) is 10.9 Å². The predicted octanol–water partition coefficient (Wildman–Crippen LogP) is 3.89. The summed E-state index contributed by atoms with van der Waals surface area (Å²) in [4.78, 5) is 16.8. The molecule has 0 saturated carbocycles. The SMILES string of the molecule is Nc1c(C(=O)Nc2cccnc2)sc2cccc(Br)c12. The molecule has 1 amide bonds. The molecule has 0 unspecified atom stereocenters. The Kier molecular flexibility index (Phi) is 3.42. The van der Waals surface area contributed by atoms with E-state index in [-0.39, 0.29) is 5.91 Å². The minimum absolute atomic E-state index is 0.219. The molecule has 0 fully saturated rings. The number of rotatable bonds is 2. The Morgan fingerprint density at radius 2 is 2.15 bits per heavy atom. The van der Waals surface area contributed by atoms with Gasteiger partial charge in [-0.25, -0.2) is 0 Å². The van der Waals surface area contributed by atoms with E-state index in [9.17, 15) is 4.79 Å². The molecule has 0 aliphatic carbocycles. The van der Waals surface area contributed by atoms with Crippen LogP contribution < -0.4 is 11.1 Å². The number of amides is 1. The average Bonchev–Trinajstić information content (AvgIpc) is 2.79. The fourth-order valence-corrected chi connectivity index (χ4v) is 3.68. The van der Waals surface area contributed by atoms with Crippen molar-refractivity contribution in [2.75, 3.05) is 11.1 Å². The van der Waals surface area contributed by atoms with Gasteiger partial charge in [0.15, 0.2) is 0 Å². The third-order valence-electron chi connectivity index (χ3n) is 2.83. The van der Waals surface area contributed by atoms with Gasteiger partial charge >= 0.3 is 0 Å². The molecule has 0 radical (unpaired) electrons. The third kappa shape index (κ3) is 2.28. The number of anilines is 2. The number of aromatic nitrogens is 1. The predicted molar refractivity (Wildman–Crippen MR) is 86.1 cm³/mol. The lowest BCUT2D eigenvalue weighted by atomic mass is 10.2. The Labute approximate surface area is 127 Å². The molecule has 0 saturated heterocycles. The number of hydrogen-bond acceptors (Lipinski definition) is 4. The maximum atomic E-state index is 12.3. The van der Waals surface area contributed by atoms with Crippen LogP contribution in [0.25, 0.3) is 10.1 Å². The lowest BCUT2D eigenvalue weighted by Crippen LogP contribution is -2.11. The van der Waals surface area contributed by atoms with Crippen molar-refractivity contribution < 1.29 is 4.79 Å². The van der Waals surface area contributed by atoms with E-state index < -0.39 is 0 Å². The summed E-state index contributed by atoms with van der Waals surface area (Å²) in [5.74, 6) is -0.219. The van der Waals surface area contributed by atoms with Crippen LogP contribution in [0.4, 0.5) is 11.4 Å². The van der Waals surface area contributed by atoms with E-state index in [2.05, 4.69) is 26.2 Å². The van der Waals surface area contributed by atoms with E-state index in [1.807, 2.05) is 18.2 Å². The second kappa shape index (κ2) is 5.22. The Bertz CT molecular complexity index is 786. The maximum Gasteiger partial charge on any atom is 0.267 e. The number of halogens is 1. The highest BCUT2D eigenvalue weighted by molar-refractivity contribution is 9.10. The number of pyridine rings is 1. The molecule has 0 spiro atoms. The average molecular weight is 348 g/mol. The van der Waals surface area contributed by atoms with Gasteiger partial charge in [-0.1, -0.05) is 22.0 Å². The van der Waals surface area contributed by atoms with E-state index in [0.717, 1.165) is 14.6 Å². The molecule has 3 N–H and O–H groups in total. The first-order valence-corrected chi connectivity index (χ1v) is 7.45. The molecule has 2 aromatic heterocycles. The number of carbonyl (C=O) groups is 1. The van der Waals surface area contributed by atoms with Gasteiger partial charge in [0, 0.05) is 20.8 Å². The Morgan fingerprint density at radius 3 is 2.85 bits per heavy atom. The van der Waals surface area contributed by atoms with Crippen molar-refractivity contribution in [3.63, 3.8) is 0 Å². The monoisotopic (exact) mass is 347 g/mol. The van der Waals surface area contributed by atoms with Crippen molar-refractivity contribution in [2.24, 2.45) is 0 Å². The summed E-state index contributed by atoms with van der Waals surface area (Å²) < 4.78 is 1.87. The van der Waals surface area contributed by atoms with Crippen LogP contribution in [0.15, 0.2) is 47.2 Å². The summed E-state index contributed by atoms with van der Waals surface area (Å²) in [5.41, 5.74) is 7.24. The van der Waals surface area contributed by atoms with Gasteiger partial charge in [0.1, 0.15) is 4.88 Å². The highest BCUT2D eigenvalue weighted by atomic mass is 79.9. The lowest BCUT2D eigenvalue weighted by molar-refractivity contribution is 0.103. The number of nitrogen functional groups attached to an aromatic ring is 1. The summed E-state index contributed by atoms with van der Waals surface area (Å²) in [6.07, 6.45) is 3.25. The number of nitrogens with zero attached hydrogens (tertiary/aromatic N) is 1. The van der Waals surface area contributed by atoms with Gasteiger partial charge in [0.2, 0.25) is 0 Å². The molecule has 4 nitrogen and oxygen atoms in total. The standard InChI is InChI=1S/C14H10BrN3OS/c15-9-4-1-5-10-11(9)12(16)13(20-10)14(19)18-8-3-2-6-17-7-8/h1-7H,16H2,(H,18,19). The number of hydrogen-bond donors (Lipinski definition) is 2. The van der Waals surface area contributed by atoms with Crippen LogP contribution in [0.1, 0.15) is 9.67 Å². The van der Waals surface area contributed by atoms with Crippen molar-refractivity contribution in [1.29, 1.82) is 0 Å². The van der Waals surface area contributed by atoms with Crippen molar-refractivity contribution in [3.05, 3.63) is 52.1 Å². The lowest BCUT2D eigenvalue weighted by Gasteiger charge is -2.03. The van der Waals surface area contributed by atoms with Crippen molar-refractivity contribution in [1.82, 2.24) is 4.98 Å². The first-order valence-electron chi connectivity index (χ1n) is 5.84. The third-order valence-corrected chi connectivity index (χ3v) is 4.66. The van der Waals surface area contributed by atoms with Gasteiger partial charge in [0.25, 0.3) is 5.91 Å². The second-order valence-corrected chi connectivity index (χ2v) is 6.06. The highest BCUT2D eigenvalue weighted by Crippen LogP contribution is 2.38. The molecule has 3 rings (SSSR count). The number of nitrogens with two attached hydrogens (primary N) is 1. The minimum Gasteiger partial charge on any atom is -0.397 e. The van der Waals surface area contributed by atoms with Gasteiger partial charge < -0.3 is 11.1 Å². The topological polar surface area (TPSA) is 68.0 Å². The first kappa shape index (κ1) is 13.1. The molecule has 6 heteroatoms. The minimum atomic E-state index is -0.219. The van der Waals surface area contributed by atoms with E-state index in [1.54, 1.807) is 24.5 Å². The summed E-state index contributed by atoms with van der Waals surface area (Å²) in [6.45, 7) is 0. The summed E-state index contributed by atoms with van der Waals surface area (Å²) in [5, 5.41) is 3.68. The van der Waals surface area contributed by atoms with Crippen LogP contribution in [-0.2, 0) is 0 Å². The zero-order valence-electron chi connectivity index (χ0n) is 10.3. The van der Waals surface area contributed by atoms with Crippen molar-refractivity contribution in [3.8, 4) is 0 Å². The van der Waals surface area contributed by atoms with Crippen LogP contribution in [0.2, 0.25) is 0 Å². The molecule has 2 heterocycles. The van der Waals surface area contributed by atoms with Crippen LogP contribution in [0, 0.1) is 0 Å². The zero-order chi connectivity index (χ0) is 14.1. The largest absolute Gasteiger partial charge is 0.397 e. The fourth-order valence-electron chi connectivity index (χ4n) is 1.92. The van der Waals surface area contributed by atoms with Crippen LogP contribution in [0.3, 0.4) is 0 Å². The number of thiophene rings is 1. The number of carbonyl (C=O) groups excluding carboxylic acids is 1. The van der Waals surface area contributed by atoms with E-state index in [1.165, 1.54) is 11.3 Å². The smallest absolute Gasteiger partial charge is 0.267 e. The van der Waals surface area contributed by atoms with E-state index in [4.69, 9.17) is 5.73 Å². The normalized spacial score (nSPS) is 10.7. The van der Waals surface area contributed by atoms with Crippen molar-refractivity contribution in [2.45, 2.75) is 0 Å². The van der Waals surface area contributed by atoms with E-state index in [0.29, 0.717) is 16.3 Å². The molecule has 1 aromatic carbocycles. The van der Waals surface area contributed by atoms with E-state index >= 15 is 0 Å². The second-order valence-electron chi connectivity index (χ2n) is 4.15. The molecular formula is C14H10BrN3OS. The molecule has 0 atom stereocenters. The fraction of sp³-hybridized carbons (Fsp3) is 0. The van der Waals surface area contributed by atoms with Crippen molar-refractivity contribution >= 4 is 54.6 Å². The molecule has 0 bridgehead atoms. The zero-order valence-corrected chi connectivity index (χ0v) is 12.7. The van der Waals surface area contributed by atoms with Gasteiger partial charge in [-0.15, -0.1) is 11.3 Å². The summed E-state index contributed by atoms with van der Waals surface area (Å²) >= 11 is 4.84. The molecule has 3 aromatic rings. The van der Waals surface area contributed by atoms with Crippen LogP contribution in [0.5, 0.6) is 0 Å². The quantitative estimate of drug-likeness (QED) is 0.738. The highest BCUT2D eigenvalue weighted by Gasteiger charge is 2.17. The summed E-state index contributed by atoms with van der Waals surface area (Å²) in [6, 6.07) is 9.33. The Hall–Kier alpha value is -1.92. The number of benzene rings is 1.